The number of ether oxygens (including phenoxy) is 1. The maximum absolute atomic E-state index is 11.8. The molecule has 1 aliphatic heterocycles. The summed E-state index contributed by atoms with van der Waals surface area (Å²) in [5.41, 5.74) is 0. The van der Waals surface area contributed by atoms with Gasteiger partial charge in [-0.1, -0.05) is 13.8 Å². The van der Waals surface area contributed by atoms with Crippen LogP contribution in [0.2, 0.25) is 0 Å². The molecule has 0 bridgehead atoms. The van der Waals surface area contributed by atoms with Crippen molar-refractivity contribution < 1.29 is 9.53 Å². The van der Waals surface area contributed by atoms with Crippen LogP contribution in [0.3, 0.4) is 0 Å². The molecule has 4 heteroatoms. The second-order valence-electron chi connectivity index (χ2n) is 5.33. The third kappa shape index (κ3) is 5.04. The number of carbonyl (C=O) groups excluding carboxylic acids is 1. The van der Waals surface area contributed by atoms with E-state index in [-0.39, 0.29) is 18.1 Å². The minimum Gasteiger partial charge on any atom is -0.377 e. The van der Waals surface area contributed by atoms with E-state index in [4.69, 9.17) is 4.74 Å². The molecule has 1 heterocycles. The largest absolute Gasteiger partial charge is 0.377 e. The van der Waals surface area contributed by atoms with E-state index in [0.717, 1.165) is 26.0 Å². The summed E-state index contributed by atoms with van der Waals surface area (Å²) in [6, 6.07) is 0.164. The van der Waals surface area contributed by atoms with Crippen LogP contribution in [-0.2, 0) is 9.53 Å². The molecule has 0 aromatic carbocycles. The molecule has 4 nitrogen and oxygen atoms in total. The van der Waals surface area contributed by atoms with E-state index in [1.54, 1.807) is 0 Å². The second-order valence-corrected chi connectivity index (χ2v) is 5.33. The fourth-order valence-electron chi connectivity index (χ4n) is 1.98. The Morgan fingerprint density at radius 2 is 2.12 bits per heavy atom. The lowest BCUT2D eigenvalue weighted by molar-refractivity contribution is -0.123. The van der Waals surface area contributed by atoms with Crippen LogP contribution in [-0.4, -0.2) is 37.2 Å². The van der Waals surface area contributed by atoms with E-state index < -0.39 is 0 Å². The van der Waals surface area contributed by atoms with Crippen LogP contribution in [0.4, 0.5) is 0 Å². The number of hydrogen-bond donors (Lipinski definition) is 2. The maximum Gasteiger partial charge on any atom is 0.236 e. The van der Waals surface area contributed by atoms with Crippen molar-refractivity contribution in [3.63, 3.8) is 0 Å². The minimum atomic E-state index is -0.142. The Kier molecular flexibility index (Phi) is 5.92. The first-order chi connectivity index (χ1) is 8.00. The van der Waals surface area contributed by atoms with Crippen LogP contribution in [0.25, 0.3) is 0 Å². The van der Waals surface area contributed by atoms with Gasteiger partial charge in [-0.05, 0) is 32.6 Å². The lowest BCUT2D eigenvalue weighted by atomic mass is 10.1. The van der Waals surface area contributed by atoms with Gasteiger partial charge in [-0.3, -0.25) is 4.79 Å². The topological polar surface area (TPSA) is 50.4 Å². The zero-order valence-corrected chi connectivity index (χ0v) is 11.5. The fourth-order valence-corrected chi connectivity index (χ4v) is 1.98. The molecule has 1 saturated heterocycles. The molecule has 2 N–H and O–H groups in total. The smallest absolute Gasteiger partial charge is 0.236 e. The molecule has 1 aliphatic rings. The highest BCUT2D eigenvalue weighted by atomic mass is 16.5. The summed E-state index contributed by atoms with van der Waals surface area (Å²) in [5.74, 6) is 0.714. The Hall–Kier alpha value is -0.610. The lowest BCUT2D eigenvalue weighted by Gasteiger charge is -2.21. The zero-order valence-electron chi connectivity index (χ0n) is 11.5. The second kappa shape index (κ2) is 6.97. The number of hydrogen-bond acceptors (Lipinski definition) is 3. The van der Waals surface area contributed by atoms with Crippen molar-refractivity contribution in [1.29, 1.82) is 0 Å². The molecule has 1 rings (SSSR count). The first kappa shape index (κ1) is 14.5. The molecule has 0 aromatic rings. The third-order valence-electron chi connectivity index (χ3n) is 3.25. The molecular formula is C13H26N2O2. The summed E-state index contributed by atoms with van der Waals surface area (Å²) in [6.45, 7) is 9.83. The summed E-state index contributed by atoms with van der Waals surface area (Å²) < 4.78 is 5.46. The summed E-state index contributed by atoms with van der Waals surface area (Å²) in [5, 5.41) is 6.29. The number of amides is 1. The molecule has 0 aliphatic carbocycles. The van der Waals surface area contributed by atoms with Crippen molar-refractivity contribution in [2.45, 2.75) is 58.7 Å². The number of nitrogens with one attached hydrogen (secondary N) is 2. The van der Waals surface area contributed by atoms with Gasteiger partial charge in [-0.25, -0.2) is 0 Å². The fraction of sp³-hybridized carbons (Fsp3) is 0.923. The van der Waals surface area contributed by atoms with Gasteiger partial charge in [0.05, 0.1) is 12.1 Å². The molecule has 100 valence electrons. The minimum absolute atomic E-state index is 0.0877. The van der Waals surface area contributed by atoms with Crippen molar-refractivity contribution in [2.24, 2.45) is 5.92 Å². The van der Waals surface area contributed by atoms with Gasteiger partial charge in [0.2, 0.25) is 5.91 Å². The standard InChI is InChI=1S/C13H26N2O2/c1-9(2)5-7-14-13(16)10(3)15-12-6-8-17-11(12)4/h9-12,15H,5-8H2,1-4H3,(H,14,16). The molecule has 3 unspecified atom stereocenters. The van der Waals surface area contributed by atoms with Crippen LogP contribution >= 0.6 is 0 Å². The number of carbonyl (C=O) groups is 1. The quantitative estimate of drug-likeness (QED) is 0.738. The van der Waals surface area contributed by atoms with Crippen LogP contribution in [0.5, 0.6) is 0 Å². The normalized spacial score (nSPS) is 26.2. The Morgan fingerprint density at radius 3 is 2.65 bits per heavy atom. The molecule has 0 saturated carbocycles. The van der Waals surface area contributed by atoms with Crippen molar-refractivity contribution in [3.05, 3.63) is 0 Å². The molecule has 0 radical (unpaired) electrons. The Labute approximate surface area is 104 Å². The Morgan fingerprint density at radius 1 is 1.41 bits per heavy atom. The molecule has 17 heavy (non-hydrogen) atoms. The van der Waals surface area contributed by atoms with Gasteiger partial charge in [0.25, 0.3) is 0 Å². The van der Waals surface area contributed by atoms with E-state index in [2.05, 4.69) is 24.5 Å². The first-order valence-corrected chi connectivity index (χ1v) is 6.66. The molecule has 1 amide bonds. The van der Waals surface area contributed by atoms with Gasteiger partial charge in [0.15, 0.2) is 0 Å². The van der Waals surface area contributed by atoms with Crippen LogP contribution < -0.4 is 10.6 Å². The van der Waals surface area contributed by atoms with Gasteiger partial charge in [0.1, 0.15) is 0 Å². The average Bonchev–Trinajstić information content (AvgIpc) is 2.63. The lowest BCUT2D eigenvalue weighted by Crippen LogP contribution is -2.48. The van der Waals surface area contributed by atoms with Crippen molar-refractivity contribution in [3.8, 4) is 0 Å². The van der Waals surface area contributed by atoms with Gasteiger partial charge in [-0.15, -0.1) is 0 Å². The highest BCUT2D eigenvalue weighted by Crippen LogP contribution is 2.13. The van der Waals surface area contributed by atoms with Crippen LogP contribution in [0.1, 0.15) is 40.5 Å². The third-order valence-corrected chi connectivity index (χ3v) is 3.25. The molecule has 0 spiro atoms. The highest BCUT2D eigenvalue weighted by Gasteiger charge is 2.27. The molecule has 3 atom stereocenters. The van der Waals surface area contributed by atoms with E-state index in [1.165, 1.54) is 0 Å². The van der Waals surface area contributed by atoms with E-state index in [1.807, 2.05) is 13.8 Å². The Bertz CT molecular complexity index is 244. The van der Waals surface area contributed by atoms with E-state index >= 15 is 0 Å². The zero-order chi connectivity index (χ0) is 12.8. The molecule has 0 aromatic heterocycles. The van der Waals surface area contributed by atoms with Gasteiger partial charge < -0.3 is 15.4 Å². The first-order valence-electron chi connectivity index (χ1n) is 6.66. The van der Waals surface area contributed by atoms with E-state index in [9.17, 15) is 4.79 Å². The SMILES string of the molecule is CC(C)CCNC(=O)C(C)NC1CCOC1C. The van der Waals surface area contributed by atoms with Crippen LogP contribution in [0.15, 0.2) is 0 Å². The predicted molar refractivity (Wildman–Crippen MR) is 68.9 cm³/mol. The van der Waals surface area contributed by atoms with E-state index in [0.29, 0.717) is 12.0 Å². The summed E-state index contributed by atoms with van der Waals surface area (Å²) in [7, 11) is 0. The van der Waals surface area contributed by atoms with Gasteiger partial charge in [-0.2, -0.15) is 0 Å². The molecule has 1 fully saturated rings. The predicted octanol–water partition coefficient (Wildman–Crippen LogP) is 1.30. The monoisotopic (exact) mass is 242 g/mol. The number of rotatable bonds is 6. The summed E-state index contributed by atoms with van der Waals surface area (Å²) >= 11 is 0. The van der Waals surface area contributed by atoms with Crippen molar-refractivity contribution in [2.75, 3.05) is 13.2 Å². The summed E-state index contributed by atoms with van der Waals surface area (Å²) in [4.78, 5) is 11.8. The Balaban J connectivity index is 2.22. The average molecular weight is 242 g/mol. The van der Waals surface area contributed by atoms with Crippen molar-refractivity contribution in [1.82, 2.24) is 10.6 Å². The van der Waals surface area contributed by atoms with Crippen molar-refractivity contribution >= 4 is 5.91 Å². The molecular weight excluding hydrogens is 216 g/mol. The van der Waals surface area contributed by atoms with Gasteiger partial charge >= 0.3 is 0 Å². The highest BCUT2D eigenvalue weighted by molar-refractivity contribution is 5.81. The summed E-state index contributed by atoms with van der Waals surface area (Å²) in [6.07, 6.45) is 2.23. The maximum atomic E-state index is 11.8. The van der Waals surface area contributed by atoms with Crippen LogP contribution in [0, 0.1) is 5.92 Å². The van der Waals surface area contributed by atoms with Gasteiger partial charge in [0, 0.05) is 19.2 Å².